The normalized spacial score (nSPS) is 12.4. The van der Waals surface area contributed by atoms with Crippen LogP contribution in [0.4, 0.5) is 0 Å². The van der Waals surface area contributed by atoms with Gasteiger partial charge in [-0.1, -0.05) is 33.6 Å². The topological polar surface area (TPSA) is 115 Å². The third-order valence-electron chi connectivity index (χ3n) is 3.20. The van der Waals surface area contributed by atoms with E-state index in [2.05, 4.69) is 20.3 Å². The summed E-state index contributed by atoms with van der Waals surface area (Å²) in [5.74, 6) is -0.679. The molecule has 0 saturated heterocycles. The van der Waals surface area contributed by atoms with Crippen LogP contribution in [0.5, 0.6) is 0 Å². The third kappa shape index (κ3) is 4.31. The molecule has 0 fully saturated rings. The first-order valence-electron chi connectivity index (χ1n) is 6.89. The summed E-state index contributed by atoms with van der Waals surface area (Å²) in [6.07, 6.45) is 0. The van der Waals surface area contributed by atoms with Crippen molar-refractivity contribution in [2.45, 2.75) is 25.0 Å². The van der Waals surface area contributed by atoms with Crippen LogP contribution in [0, 0.1) is 6.92 Å². The second-order valence-corrected chi connectivity index (χ2v) is 7.63. The first kappa shape index (κ1) is 18.4. The molecule has 0 atom stereocenters. The predicted octanol–water partition coefficient (Wildman–Crippen LogP) is 0.826. The van der Waals surface area contributed by atoms with Gasteiger partial charge in [-0.15, -0.1) is 4.40 Å². The van der Waals surface area contributed by atoms with E-state index in [4.69, 9.17) is 5.73 Å². The Morgan fingerprint density at radius 3 is 2.46 bits per heavy atom. The number of carbonyl (C=O) groups is 1. The number of primary amides is 1. The first-order chi connectivity index (χ1) is 11.2. The molecule has 128 valence electrons. The number of hydrogen-bond donors (Lipinski definition) is 2. The van der Waals surface area contributed by atoms with E-state index < -0.39 is 22.5 Å². The molecule has 3 N–H and O–H groups in total. The summed E-state index contributed by atoms with van der Waals surface area (Å²) in [7, 11) is -3.98. The van der Waals surface area contributed by atoms with E-state index in [0.29, 0.717) is 10.2 Å². The number of aromatic nitrogens is 1. The average Bonchev–Trinajstić information content (AvgIpc) is 2.49. The Bertz CT molecular complexity index is 934. The highest BCUT2D eigenvalue weighted by Gasteiger charge is 2.14. The second-order valence-electron chi connectivity index (χ2n) is 5.11. The van der Waals surface area contributed by atoms with Crippen molar-refractivity contribution >= 4 is 31.9 Å². The maximum atomic E-state index is 12.5. The molecular weight excluding hydrogens is 398 g/mol. The molecule has 0 aliphatic carbocycles. The van der Waals surface area contributed by atoms with E-state index in [9.17, 15) is 18.3 Å². The lowest BCUT2D eigenvalue weighted by Gasteiger charge is -2.12. The van der Waals surface area contributed by atoms with Gasteiger partial charge < -0.3 is 15.4 Å². The van der Waals surface area contributed by atoms with Crippen molar-refractivity contribution in [3.05, 3.63) is 57.6 Å². The van der Waals surface area contributed by atoms with E-state index >= 15 is 0 Å². The van der Waals surface area contributed by atoms with Crippen LogP contribution in [0.1, 0.15) is 11.3 Å². The highest BCUT2D eigenvalue weighted by Crippen LogP contribution is 2.14. The maximum absolute atomic E-state index is 12.5. The summed E-state index contributed by atoms with van der Waals surface area (Å²) in [6, 6.07) is 9.24. The number of aryl methyl sites for hydroxylation is 1. The molecule has 1 aromatic carbocycles. The summed E-state index contributed by atoms with van der Waals surface area (Å²) in [5.41, 5.74) is 6.42. The summed E-state index contributed by atoms with van der Waals surface area (Å²) >= 11 is 3.23. The minimum Gasteiger partial charge on any atom is -0.390 e. The summed E-state index contributed by atoms with van der Waals surface area (Å²) in [6.45, 7) is 1.14. The number of nitrogens with two attached hydrogens (primary N) is 1. The van der Waals surface area contributed by atoms with E-state index in [1.807, 2.05) is 6.92 Å². The van der Waals surface area contributed by atoms with Crippen LogP contribution in [0.15, 0.2) is 50.2 Å². The molecule has 9 heteroatoms. The Morgan fingerprint density at radius 2 is 1.92 bits per heavy atom. The van der Waals surface area contributed by atoms with Crippen molar-refractivity contribution in [3.63, 3.8) is 0 Å². The quantitative estimate of drug-likeness (QED) is 0.754. The van der Waals surface area contributed by atoms with Crippen molar-refractivity contribution in [1.29, 1.82) is 0 Å². The number of aliphatic hydroxyl groups is 1. The minimum absolute atomic E-state index is 0.00667. The van der Waals surface area contributed by atoms with E-state index in [-0.39, 0.29) is 16.9 Å². The van der Waals surface area contributed by atoms with Gasteiger partial charge in [-0.05, 0) is 31.2 Å². The highest BCUT2D eigenvalue weighted by atomic mass is 79.9. The van der Waals surface area contributed by atoms with Gasteiger partial charge in [-0.25, -0.2) is 0 Å². The fourth-order valence-electron chi connectivity index (χ4n) is 2.06. The Labute approximate surface area is 147 Å². The van der Waals surface area contributed by atoms with Crippen molar-refractivity contribution < 1.29 is 18.3 Å². The van der Waals surface area contributed by atoms with Crippen molar-refractivity contribution in [2.24, 2.45) is 10.1 Å². The summed E-state index contributed by atoms with van der Waals surface area (Å²) in [4.78, 5) is 11.3. The Morgan fingerprint density at radius 1 is 1.29 bits per heavy atom. The molecule has 0 unspecified atom stereocenters. The molecule has 1 amide bonds. The number of aliphatic hydroxyl groups excluding tert-OH is 1. The van der Waals surface area contributed by atoms with Crippen LogP contribution >= 0.6 is 15.9 Å². The number of carbonyl (C=O) groups excluding carboxylic acids is 1. The van der Waals surface area contributed by atoms with Crippen LogP contribution in [-0.2, 0) is 28.0 Å². The second kappa shape index (κ2) is 7.29. The number of pyridine rings is 1. The zero-order valence-electron chi connectivity index (χ0n) is 12.8. The fraction of sp³-hybridized carbons (Fsp3) is 0.200. The molecule has 0 saturated carbocycles. The summed E-state index contributed by atoms with van der Waals surface area (Å²) < 4.78 is 30.6. The number of sulfonamides is 1. The van der Waals surface area contributed by atoms with Crippen molar-refractivity contribution in [2.75, 3.05) is 0 Å². The van der Waals surface area contributed by atoms with Crippen molar-refractivity contribution in [3.8, 4) is 0 Å². The van der Waals surface area contributed by atoms with Gasteiger partial charge >= 0.3 is 0 Å². The smallest absolute Gasteiger partial charge is 0.284 e. The van der Waals surface area contributed by atoms with E-state index in [1.165, 1.54) is 22.8 Å². The molecule has 0 aliphatic rings. The molecule has 24 heavy (non-hydrogen) atoms. The predicted molar refractivity (Wildman–Crippen MR) is 91.2 cm³/mol. The molecule has 2 aromatic rings. The molecule has 0 spiro atoms. The SMILES string of the molecule is Cc1ccc(S(=O)(=O)N=c2cc(Br)cc(CO)n2CC(N)=O)cc1. The largest absolute Gasteiger partial charge is 0.390 e. The highest BCUT2D eigenvalue weighted by molar-refractivity contribution is 9.10. The van der Waals surface area contributed by atoms with Crippen LogP contribution in [0.3, 0.4) is 0 Å². The molecule has 0 bridgehead atoms. The lowest BCUT2D eigenvalue weighted by molar-refractivity contribution is -0.118. The molecule has 1 heterocycles. The first-order valence-corrected chi connectivity index (χ1v) is 9.12. The monoisotopic (exact) mass is 413 g/mol. The number of halogens is 1. The van der Waals surface area contributed by atoms with Gasteiger partial charge in [0.2, 0.25) is 5.91 Å². The van der Waals surface area contributed by atoms with E-state index in [1.54, 1.807) is 18.2 Å². The minimum atomic E-state index is -3.98. The molecule has 2 rings (SSSR count). The fourth-order valence-corrected chi connectivity index (χ4v) is 3.51. The molecular formula is C15H16BrN3O4S. The van der Waals surface area contributed by atoms with Crippen LogP contribution < -0.4 is 11.2 Å². The Kier molecular flexibility index (Phi) is 5.58. The van der Waals surface area contributed by atoms with Crippen molar-refractivity contribution in [1.82, 2.24) is 4.57 Å². The van der Waals surface area contributed by atoms with Gasteiger partial charge in [0.25, 0.3) is 10.0 Å². The number of amides is 1. The number of benzene rings is 1. The lowest BCUT2D eigenvalue weighted by Crippen LogP contribution is -2.31. The van der Waals surface area contributed by atoms with Gasteiger partial charge in [0.1, 0.15) is 12.0 Å². The van der Waals surface area contributed by atoms with Crippen LogP contribution in [0.25, 0.3) is 0 Å². The molecule has 0 aliphatic heterocycles. The zero-order valence-corrected chi connectivity index (χ0v) is 15.2. The number of nitrogens with zero attached hydrogens (tertiary/aromatic N) is 2. The van der Waals surface area contributed by atoms with Crippen LogP contribution in [-0.4, -0.2) is 24.0 Å². The Balaban J connectivity index is 2.69. The molecule has 0 radical (unpaired) electrons. The maximum Gasteiger partial charge on any atom is 0.284 e. The molecule has 1 aromatic heterocycles. The lowest BCUT2D eigenvalue weighted by atomic mass is 10.2. The summed E-state index contributed by atoms with van der Waals surface area (Å²) in [5, 5.41) is 9.44. The van der Waals surface area contributed by atoms with Gasteiger partial charge in [0.05, 0.1) is 11.5 Å². The van der Waals surface area contributed by atoms with E-state index in [0.717, 1.165) is 5.56 Å². The number of hydrogen-bond acceptors (Lipinski definition) is 4. The Hall–Kier alpha value is -1.97. The van der Waals surface area contributed by atoms with Gasteiger partial charge in [0, 0.05) is 10.2 Å². The van der Waals surface area contributed by atoms with Gasteiger partial charge in [-0.2, -0.15) is 8.42 Å². The average molecular weight is 414 g/mol. The third-order valence-corrected chi connectivity index (χ3v) is 4.96. The van der Waals surface area contributed by atoms with Gasteiger partial charge in [0.15, 0.2) is 0 Å². The molecule has 7 nitrogen and oxygen atoms in total. The number of rotatable bonds is 5. The zero-order chi connectivity index (χ0) is 17.9. The van der Waals surface area contributed by atoms with Crippen LogP contribution in [0.2, 0.25) is 0 Å². The standard InChI is InChI=1S/C15H16BrN3O4S/c1-10-2-4-13(5-3-10)24(22,23)18-15-7-11(16)6-12(9-20)19(15)8-14(17)21/h2-7,20H,8-9H2,1H3,(H2,17,21). The van der Waals surface area contributed by atoms with Gasteiger partial charge in [-0.3, -0.25) is 4.79 Å².